The molecule has 1 aromatic heterocycles. The van der Waals surface area contributed by atoms with Crippen molar-refractivity contribution in [1.82, 2.24) is 9.97 Å². The molecule has 3 N–H and O–H groups in total. The smallest absolute Gasteiger partial charge is 0.276 e. The van der Waals surface area contributed by atoms with E-state index in [2.05, 4.69) is 20.5 Å². The summed E-state index contributed by atoms with van der Waals surface area (Å²) in [5.74, 6) is 0.0143. The van der Waals surface area contributed by atoms with E-state index >= 15 is 0 Å². The number of hydrogen-bond donors (Lipinski definition) is 3. The van der Waals surface area contributed by atoms with Crippen LogP contribution in [0.4, 0.5) is 5.69 Å². The minimum atomic E-state index is -0.384. The Morgan fingerprint density at radius 1 is 0.926 bits per heavy atom. The molecule has 4 aromatic rings. The van der Waals surface area contributed by atoms with Gasteiger partial charge in [0.25, 0.3) is 5.56 Å². The third-order valence-electron chi connectivity index (χ3n) is 4.05. The Morgan fingerprint density at radius 2 is 1.63 bits per heavy atom. The van der Waals surface area contributed by atoms with Gasteiger partial charge in [0.05, 0.1) is 16.7 Å². The van der Waals surface area contributed by atoms with Gasteiger partial charge >= 0.3 is 0 Å². The van der Waals surface area contributed by atoms with Crippen molar-refractivity contribution in [3.8, 4) is 5.75 Å². The average molecular weight is 356 g/mol. The molecule has 0 saturated heterocycles. The summed E-state index contributed by atoms with van der Waals surface area (Å²) in [5, 5.41) is 14.7. The van der Waals surface area contributed by atoms with Crippen LogP contribution in [0.25, 0.3) is 11.0 Å². The summed E-state index contributed by atoms with van der Waals surface area (Å²) >= 11 is 0. The fourth-order valence-electron chi connectivity index (χ4n) is 2.74. The summed E-state index contributed by atoms with van der Waals surface area (Å²) in [6, 6.07) is 23.3. The van der Waals surface area contributed by atoms with Crippen LogP contribution in [0, 0.1) is 0 Å². The van der Waals surface area contributed by atoms with Crippen molar-refractivity contribution in [2.45, 2.75) is 0 Å². The molecule has 0 fully saturated rings. The number of nitrogens with one attached hydrogen (secondary N) is 2. The third kappa shape index (κ3) is 3.41. The molecule has 0 unspecified atom stereocenters. The molecule has 0 radical (unpaired) electrons. The molecule has 0 spiro atoms. The van der Waals surface area contributed by atoms with Crippen molar-refractivity contribution in [1.29, 1.82) is 0 Å². The van der Waals surface area contributed by atoms with Crippen molar-refractivity contribution in [3.63, 3.8) is 0 Å². The Kier molecular flexibility index (Phi) is 4.37. The van der Waals surface area contributed by atoms with Crippen LogP contribution in [0.1, 0.15) is 11.3 Å². The number of benzene rings is 3. The van der Waals surface area contributed by atoms with E-state index in [1.807, 2.05) is 48.5 Å². The quantitative estimate of drug-likeness (QED) is 0.386. The van der Waals surface area contributed by atoms with Crippen molar-refractivity contribution >= 4 is 22.4 Å². The van der Waals surface area contributed by atoms with E-state index in [-0.39, 0.29) is 22.7 Å². The van der Waals surface area contributed by atoms with Gasteiger partial charge in [-0.1, -0.05) is 42.5 Å². The van der Waals surface area contributed by atoms with Crippen LogP contribution in [0.5, 0.6) is 5.75 Å². The number of para-hydroxylation sites is 4. The normalized spacial score (nSPS) is 11.5. The summed E-state index contributed by atoms with van der Waals surface area (Å²) in [7, 11) is 0. The van der Waals surface area contributed by atoms with Crippen LogP contribution in [-0.4, -0.2) is 20.8 Å². The molecule has 4 rings (SSSR count). The van der Waals surface area contributed by atoms with Crippen LogP contribution >= 0.6 is 0 Å². The molecule has 0 aliphatic rings. The van der Waals surface area contributed by atoms with E-state index in [1.165, 1.54) is 0 Å². The summed E-state index contributed by atoms with van der Waals surface area (Å²) in [4.78, 5) is 20.0. The molecule has 6 heteroatoms. The molecule has 27 heavy (non-hydrogen) atoms. The maximum atomic E-state index is 12.7. The Hall–Kier alpha value is -3.93. The lowest BCUT2D eigenvalue weighted by Gasteiger charge is -2.09. The van der Waals surface area contributed by atoms with Gasteiger partial charge in [-0.15, -0.1) is 0 Å². The number of aromatic hydroxyl groups is 1. The number of hydrazone groups is 1. The predicted molar refractivity (Wildman–Crippen MR) is 106 cm³/mol. The molecule has 0 saturated carbocycles. The molecule has 132 valence electrons. The fourth-order valence-corrected chi connectivity index (χ4v) is 2.74. The largest absolute Gasteiger partial charge is 0.507 e. The van der Waals surface area contributed by atoms with Gasteiger partial charge in [0.2, 0.25) is 0 Å². The number of aromatic amines is 1. The highest BCUT2D eigenvalue weighted by atomic mass is 16.3. The Morgan fingerprint density at radius 3 is 2.44 bits per heavy atom. The maximum Gasteiger partial charge on any atom is 0.276 e. The first-order chi connectivity index (χ1) is 13.2. The van der Waals surface area contributed by atoms with E-state index in [1.54, 1.807) is 30.3 Å². The molecule has 0 aliphatic carbocycles. The molecule has 3 aromatic carbocycles. The molecule has 0 bridgehead atoms. The second-order valence-corrected chi connectivity index (χ2v) is 5.89. The number of phenolic OH excluding ortho intramolecular Hbond substituents is 1. The van der Waals surface area contributed by atoms with Crippen LogP contribution in [0.3, 0.4) is 0 Å². The monoisotopic (exact) mass is 356 g/mol. The van der Waals surface area contributed by atoms with Gasteiger partial charge < -0.3 is 10.1 Å². The van der Waals surface area contributed by atoms with Crippen LogP contribution < -0.4 is 11.0 Å². The van der Waals surface area contributed by atoms with Gasteiger partial charge in [-0.2, -0.15) is 5.10 Å². The van der Waals surface area contributed by atoms with Crippen LogP contribution in [0.2, 0.25) is 0 Å². The second kappa shape index (κ2) is 7.13. The van der Waals surface area contributed by atoms with E-state index in [0.29, 0.717) is 16.6 Å². The number of H-pyrrole nitrogens is 1. The van der Waals surface area contributed by atoms with Crippen molar-refractivity contribution < 1.29 is 5.11 Å². The zero-order valence-corrected chi connectivity index (χ0v) is 14.3. The fraction of sp³-hybridized carbons (Fsp3) is 0. The lowest BCUT2D eigenvalue weighted by molar-refractivity contribution is 0.474. The van der Waals surface area contributed by atoms with E-state index in [9.17, 15) is 9.90 Å². The predicted octanol–water partition coefficient (Wildman–Crippen LogP) is 3.49. The van der Waals surface area contributed by atoms with Gasteiger partial charge in [-0.25, -0.2) is 4.98 Å². The van der Waals surface area contributed by atoms with Gasteiger partial charge in [-0.05, 0) is 36.4 Å². The molecule has 1 heterocycles. The SMILES string of the molecule is O=c1[nH]c2ccccc2nc1/C(=N/Nc1ccccc1)c1ccccc1O. The summed E-state index contributed by atoms with van der Waals surface area (Å²) in [5.41, 5.74) is 5.36. The minimum absolute atomic E-state index is 0.0143. The van der Waals surface area contributed by atoms with Gasteiger partial charge in [0, 0.05) is 5.56 Å². The summed E-state index contributed by atoms with van der Waals surface area (Å²) < 4.78 is 0. The first-order valence-corrected chi connectivity index (χ1v) is 8.39. The Labute approximate surface area is 154 Å². The number of nitrogens with zero attached hydrogens (tertiary/aromatic N) is 2. The van der Waals surface area contributed by atoms with E-state index < -0.39 is 0 Å². The van der Waals surface area contributed by atoms with Crippen molar-refractivity contribution in [3.05, 3.63) is 100 Å². The first kappa shape index (κ1) is 16.5. The molecule has 0 amide bonds. The van der Waals surface area contributed by atoms with Crippen LogP contribution in [-0.2, 0) is 0 Å². The standard InChI is InChI=1S/C21H16N4O2/c26-18-13-7-4-10-15(18)19(25-24-14-8-2-1-3-9-14)20-21(27)23-17-12-6-5-11-16(17)22-20/h1-13,24,26H,(H,23,27)/b25-19+. The topological polar surface area (TPSA) is 90.4 Å². The maximum absolute atomic E-state index is 12.7. The highest BCUT2D eigenvalue weighted by Gasteiger charge is 2.17. The molecular weight excluding hydrogens is 340 g/mol. The van der Waals surface area contributed by atoms with Crippen LogP contribution in [0.15, 0.2) is 88.8 Å². The summed E-state index contributed by atoms with van der Waals surface area (Å²) in [6.07, 6.45) is 0. The molecule has 0 aliphatic heterocycles. The molecule has 0 atom stereocenters. The Bertz CT molecular complexity index is 1180. The highest BCUT2D eigenvalue weighted by Crippen LogP contribution is 2.20. The van der Waals surface area contributed by atoms with E-state index in [4.69, 9.17) is 0 Å². The first-order valence-electron chi connectivity index (χ1n) is 8.39. The average Bonchev–Trinajstić information content (AvgIpc) is 2.70. The highest BCUT2D eigenvalue weighted by molar-refractivity contribution is 6.13. The molecular formula is C21H16N4O2. The third-order valence-corrected chi connectivity index (χ3v) is 4.05. The van der Waals surface area contributed by atoms with E-state index in [0.717, 1.165) is 5.69 Å². The van der Waals surface area contributed by atoms with Crippen molar-refractivity contribution in [2.75, 3.05) is 5.43 Å². The number of rotatable bonds is 4. The number of hydrogen-bond acceptors (Lipinski definition) is 5. The number of fused-ring (bicyclic) bond motifs is 1. The van der Waals surface area contributed by atoms with Gasteiger partial charge in [0.15, 0.2) is 5.69 Å². The zero-order chi connectivity index (χ0) is 18.6. The molecule has 6 nitrogen and oxygen atoms in total. The lowest BCUT2D eigenvalue weighted by atomic mass is 10.1. The minimum Gasteiger partial charge on any atom is -0.507 e. The number of aromatic nitrogens is 2. The van der Waals surface area contributed by atoms with Gasteiger partial charge in [-0.3, -0.25) is 10.2 Å². The zero-order valence-electron chi connectivity index (χ0n) is 14.3. The van der Waals surface area contributed by atoms with Gasteiger partial charge in [0.1, 0.15) is 11.5 Å². The van der Waals surface area contributed by atoms with Crippen molar-refractivity contribution in [2.24, 2.45) is 5.10 Å². The number of anilines is 1. The number of phenols is 1. The lowest BCUT2D eigenvalue weighted by Crippen LogP contribution is -2.22. The second-order valence-electron chi connectivity index (χ2n) is 5.89. The summed E-state index contributed by atoms with van der Waals surface area (Å²) in [6.45, 7) is 0. The Balaban J connectivity index is 1.89.